The van der Waals surface area contributed by atoms with Gasteiger partial charge in [-0.1, -0.05) is 13.8 Å². The van der Waals surface area contributed by atoms with Crippen molar-refractivity contribution in [2.24, 2.45) is 9.98 Å². The van der Waals surface area contributed by atoms with Crippen LogP contribution in [0.2, 0.25) is 25.7 Å². The first-order valence-electron chi connectivity index (χ1n) is 12.9. The van der Waals surface area contributed by atoms with E-state index in [0.717, 1.165) is 12.8 Å². The lowest BCUT2D eigenvalue weighted by Gasteiger charge is -2.32. The second kappa shape index (κ2) is 21.0. The maximum atomic E-state index is 10.6. The van der Waals surface area contributed by atoms with Crippen molar-refractivity contribution in [1.82, 2.24) is 0 Å². The molecule has 0 aliphatic rings. The standard InChI is InChI=1S/C14H29NO5Si.C9H21NO4Si2/c1-6-14(7-2,15-13-16)11-12-20-21(17-8-3,18-9-4)19-10-5;1-12-16(13-2,14-15(3,4)5)8-6-7-10-9-11/h6-12H2,1-5H3;6-8H2,1-5H3. The fourth-order valence-electron chi connectivity index (χ4n) is 3.37. The van der Waals surface area contributed by atoms with Gasteiger partial charge in [-0.05, 0) is 66.1 Å². The molecule has 0 saturated carbocycles. The van der Waals surface area contributed by atoms with Gasteiger partial charge in [0.2, 0.25) is 12.2 Å². The Morgan fingerprint density at radius 3 is 1.65 bits per heavy atom. The van der Waals surface area contributed by atoms with E-state index in [0.29, 0.717) is 51.9 Å². The van der Waals surface area contributed by atoms with Crippen LogP contribution in [0, 0.1) is 0 Å². The Labute approximate surface area is 227 Å². The highest BCUT2D eigenvalue weighted by Crippen LogP contribution is 2.25. The van der Waals surface area contributed by atoms with E-state index in [1.807, 2.05) is 34.6 Å². The summed E-state index contributed by atoms with van der Waals surface area (Å²) in [4.78, 5) is 28.0. The van der Waals surface area contributed by atoms with Crippen molar-refractivity contribution in [3.8, 4) is 0 Å². The monoisotopic (exact) mass is 582 g/mol. The number of nitrogens with zero attached hydrogens (tertiary/aromatic N) is 2. The van der Waals surface area contributed by atoms with E-state index in [-0.39, 0.29) is 0 Å². The third-order valence-electron chi connectivity index (χ3n) is 5.31. The fourth-order valence-corrected chi connectivity index (χ4v) is 11.3. The van der Waals surface area contributed by atoms with Crippen molar-refractivity contribution in [3.63, 3.8) is 0 Å². The second-order valence-electron chi connectivity index (χ2n) is 8.91. The van der Waals surface area contributed by atoms with E-state index >= 15 is 0 Å². The highest BCUT2D eigenvalue weighted by molar-refractivity contribution is 6.79. The van der Waals surface area contributed by atoms with Crippen LogP contribution in [0.1, 0.15) is 60.3 Å². The summed E-state index contributed by atoms with van der Waals surface area (Å²) in [5.74, 6) is 0. The molecule has 0 atom stereocenters. The van der Waals surface area contributed by atoms with E-state index in [1.165, 1.54) is 6.08 Å². The highest BCUT2D eigenvalue weighted by Gasteiger charge is 2.45. The summed E-state index contributed by atoms with van der Waals surface area (Å²) < 4.78 is 39.6. The predicted octanol–water partition coefficient (Wildman–Crippen LogP) is 4.63. The molecule has 0 bridgehead atoms. The molecule has 0 aliphatic heterocycles. The quantitative estimate of drug-likeness (QED) is 0.0824. The van der Waals surface area contributed by atoms with Crippen LogP contribution in [-0.2, 0) is 40.3 Å². The van der Waals surface area contributed by atoms with Gasteiger partial charge < -0.3 is 30.7 Å². The molecule has 0 aromatic heterocycles. The SMILES string of the molecule is CCO[Si](OCC)(OCC)OCCC(CC)(CC)N=C=O.CO[Si](CCCN=C=O)(OC)O[Si](C)(C)C. The molecule has 0 aromatic rings. The van der Waals surface area contributed by atoms with Crippen LogP contribution in [0.5, 0.6) is 0 Å². The maximum absolute atomic E-state index is 10.6. The van der Waals surface area contributed by atoms with Crippen LogP contribution in [0.3, 0.4) is 0 Å². The van der Waals surface area contributed by atoms with Gasteiger partial charge in [0.15, 0.2) is 8.32 Å². The molecule has 0 unspecified atom stereocenters. The minimum absolute atomic E-state index is 0.374. The third-order valence-corrected chi connectivity index (χ3v) is 13.7. The second-order valence-corrected chi connectivity index (χ2v) is 18.8. The van der Waals surface area contributed by atoms with Gasteiger partial charge in [0.05, 0.1) is 12.1 Å². The summed E-state index contributed by atoms with van der Waals surface area (Å²) in [5.41, 5.74) is -0.424. The van der Waals surface area contributed by atoms with Gasteiger partial charge >= 0.3 is 17.9 Å². The van der Waals surface area contributed by atoms with Crippen LogP contribution in [0.25, 0.3) is 0 Å². The number of isocyanates is 2. The van der Waals surface area contributed by atoms with Gasteiger partial charge in [-0.2, -0.15) is 4.99 Å². The van der Waals surface area contributed by atoms with Crippen molar-refractivity contribution >= 4 is 38.3 Å². The Bertz CT molecular complexity index is 658. The zero-order valence-electron chi connectivity index (χ0n) is 24.6. The summed E-state index contributed by atoms with van der Waals surface area (Å²) in [6.07, 6.45) is 6.03. The topological polar surface area (TPSA) is 123 Å². The summed E-state index contributed by atoms with van der Waals surface area (Å²) in [7, 11) is -4.12. The molecule has 0 radical (unpaired) electrons. The Morgan fingerprint density at radius 1 is 0.784 bits per heavy atom. The van der Waals surface area contributed by atoms with Crippen LogP contribution < -0.4 is 0 Å². The van der Waals surface area contributed by atoms with Crippen molar-refractivity contribution in [1.29, 1.82) is 0 Å². The molecule has 0 fully saturated rings. The number of rotatable bonds is 21. The van der Waals surface area contributed by atoms with Crippen molar-refractivity contribution in [2.45, 2.75) is 91.5 Å². The highest BCUT2D eigenvalue weighted by atomic mass is 28.5. The number of carbonyl (C=O) groups excluding carboxylic acids is 2. The lowest BCUT2D eigenvalue weighted by atomic mass is 9.90. The van der Waals surface area contributed by atoms with Crippen molar-refractivity contribution in [2.75, 3.05) is 47.2 Å². The molecule has 0 heterocycles. The summed E-state index contributed by atoms with van der Waals surface area (Å²) in [5, 5.41) is 0. The van der Waals surface area contributed by atoms with Crippen molar-refractivity contribution < 1.29 is 40.3 Å². The van der Waals surface area contributed by atoms with E-state index < -0.39 is 31.7 Å². The first-order valence-corrected chi connectivity index (χ1v) is 19.9. The number of hydrogen-bond acceptors (Lipinski definition) is 11. The predicted molar refractivity (Wildman–Crippen MR) is 149 cm³/mol. The zero-order valence-corrected chi connectivity index (χ0v) is 27.6. The van der Waals surface area contributed by atoms with Gasteiger partial charge in [-0.25, -0.2) is 14.6 Å². The summed E-state index contributed by atoms with van der Waals surface area (Å²) in [6, 6.07) is 0.676. The molecule has 0 spiro atoms. The molecular weight excluding hydrogens is 533 g/mol. The van der Waals surface area contributed by atoms with E-state index in [9.17, 15) is 9.59 Å². The van der Waals surface area contributed by atoms with E-state index in [4.69, 9.17) is 30.7 Å². The van der Waals surface area contributed by atoms with Gasteiger partial charge in [0.25, 0.3) is 0 Å². The van der Waals surface area contributed by atoms with E-state index in [1.54, 1.807) is 20.3 Å². The lowest BCUT2D eigenvalue weighted by Crippen LogP contribution is -2.51. The zero-order chi connectivity index (χ0) is 28.8. The van der Waals surface area contributed by atoms with Crippen LogP contribution >= 0.6 is 0 Å². The summed E-state index contributed by atoms with van der Waals surface area (Å²) >= 11 is 0. The molecule has 14 heteroatoms. The van der Waals surface area contributed by atoms with Gasteiger partial charge in [0.1, 0.15) is 0 Å². The average Bonchev–Trinajstić information content (AvgIpc) is 2.85. The normalized spacial score (nSPS) is 12.3. The number of aliphatic imine (C=N–C) groups is 2. The molecule has 0 aromatic carbocycles. The maximum Gasteiger partial charge on any atom is 0.679 e. The van der Waals surface area contributed by atoms with Crippen molar-refractivity contribution in [3.05, 3.63) is 0 Å². The third kappa shape index (κ3) is 16.6. The molecule has 37 heavy (non-hydrogen) atoms. The first kappa shape index (κ1) is 38.3. The lowest BCUT2D eigenvalue weighted by molar-refractivity contribution is -0.0303. The van der Waals surface area contributed by atoms with Gasteiger partial charge in [0, 0.05) is 46.7 Å². The molecule has 11 nitrogen and oxygen atoms in total. The Morgan fingerprint density at radius 2 is 1.30 bits per heavy atom. The summed E-state index contributed by atoms with van der Waals surface area (Å²) in [6.45, 7) is 18.1. The number of hydrogen-bond donors (Lipinski definition) is 0. The first-order chi connectivity index (χ1) is 17.5. The Hall–Kier alpha value is -0.869. The van der Waals surface area contributed by atoms with E-state index in [2.05, 4.69) is 29.6 Å². The molecule has 0 rings (SSSR count). The molecule has 0 N–H and O–H groups in total. The average molecular weight is 583 g/mol. The minimum Gasteiger partial charge on any atom is -0.416 e. The smallest absolute Gasteiger partial charge is 0.416 e. The van der Waals surface area contributed by atoms with Gasteiger partial charge in [-0.3, -0.25) is 0 Å². The Balaban J connectivity index is 0. The minimum atomic E-state index is -3.08. The molecular formula is C23H50N2O9Si3. The Kier molecular flexibility index (Phi) is 21.7. The molecule has 0 amide bonds. The fraction of sp³-hybridized carbons (Fsp3) is 0.913. The molecule has 0 aliphatic carbocycles. The van der Waals surface area contributed by atoms with Gasteiger partial charge in [-0.15, -0.1) is 0 Å². The van der Waals surface area contributed by atoms with Crippen LogP contribution in [0.15, 0.2) is 9.98 Å². The van der Waals surface area contributed by atoms with Crippen LogP contribution in [0.4, 0.5) is 0 Å². The largest absolute Gasteiger partial charge is 0.679 e. The molecule has 0 saturated heterocycles. The molecule has 218 valence electrons. The van der Waals surface area contributed by atoms with Crippen LogP contribution in [-0.4, -0.2) is 91.1 Å².